The Morgan fingerprint density at radius 1 is 1.00 bits per heavy atom. The van der Waals surface area contributed by atoms with Crippen molar-refractivity contribution in [3.8, 4) is 5.75 Å². The molecule has 0 radical (unpaired) electrons. The zero-order valence-corrected chi connectivity index (χ0v) is 13.3. The monoisotopic (exact) mass is 324 g/mol. The molecule has 5 nitrogen and oxygen atoms in total. The van der Waals surface area contributed by atoms with E-state index in [0.29, 0.717) is 19.7 Å². The summed E-state index contributed by atoms with van der Waals surface area (Å²) >= 11 is 0. The van der Waals surface area contributed by atoms with Crippen LogP contribution in [0.2, 0.25) is 0 Å². The molecule has 0 aromatic heterocycles. The molecule has 2 N–H and O–H groups in total. The van der Waals surface area contributed by atoms with Crippen molar-refractivity contribution in [2.75, 3.05) is 13.2 Å². The molecule has 124 valence electrons. The first kappa shape index (κ1) is 16.1. The van der Waals surface area contributed by atoms with Gasteiger partial charge in [0, 0.05) is 25.1 Å². The summed E-state index contributed by atoms with van der Waals surface area (Å²) in [6.45, 7) is 1.17. The molecule has 1 atom stereocenters. The topological polar surface area (TPSA) is 67.4 Å². The molecule has 2 amide bonds. The molecule has 0 saturated heterocycles. The van der Waals surface area contributed by atoms with Crippen molar-refractivity contribution in [2.24, 2.45) is 0 Å². The number of carbonyl (C=O) groups is 2. The highest BCUT2D eigenvalue weighted by Gasteiger charge is 2.29. The number of benzene rings is 2. The molecular weight excluding hydrogens is 304 g/mol. The minimum atomic E-state index is -0.298. The Hall–Kier alpha value is -2.82. The second-order valence-electron chi connectivity index (χ2n) is 5.70. The summed E-state index contributed by atoms with van der Waals surface area (Å²) in [5.74, 6) is 0.282. The summed E-state index contributed by atoms with van der Waals surface area (Å²) < 4.78 is 5.51. The number of ether oxygens (including phenoxy) is 1. The summed E-state index contributed by atoms with van der Waals surface area (Å²) in [5.41, 5.74) is 1.96. The Kier molecular flexibility index (Phi) is 5.11. The van der Waals surface area contributed by atoms with Gasteiger partial charge in [0.15, 0.2) is 0 Å². The van der Waals surface area contributed by atoms with Crippen molar-refractivity contribution in [1.29, 1.82) is 0 Å². The number of fused-ring (bicyclic) bond motifs is 1. The predicted molar refractivity (Wildman–Crippen MR) is 90.6 cm³/mol. The van der Waals surface area contributed by atoms with E-state index in [1.165, 1.54) is 0 Å². The van der Waals surface area contributed by atoms with Crippen molar-refractivity contribution < 1.29 is 14.3 Å². The molecule has 1 aliphatic heterocycles. The first-order chi connectivity index (χ1) is 11.7. The first-order valence-electron chi connectivity index (χ1n) is 8.04. The number of nitrogens with one attached hydrogen (secondary N) is 2. The molecule has 24 heavy (non-hydrogen) atoms. The molecule has 0 bridgehead atoms. The Balaban J connectivity index is 1.40. The molecule has 0 saturated carbocycles. The third kappa shape index (κ3) is 3.93. The SMILES string of the molecule is O=C(CCNC(=O)C1COc2ccccc21)NCc1ccccc1. The van der Waals surface area contributed by atoms with Gasteiger partial charge in [-0.1, -0.05) is 48.5 Å². The number of amides is 2. The van der Waals surface area contributed by atoms with Gasteiger partial charge >= 0.3 is 0 Å². The Bertz CT molecular complexity index is 716. The quantitative estimate of drug-likeness (QED) is 0.854. The van der Waals surface area contributed by atoms with Crippen molar-refractivity contribution in [2.45, 2.75) is 18.9 Å². The Morgan fingerprint density at radius 2 is 1.75 bits per heavy atom. The largest absolute Gasteiger partial charge is 0.492 e. The van der Waals surface area contributed by atoms with Crippen LogP contribution in [0.15, 0.2) is 54.6 Å². The molecule has 3 rings (SSSR count). The van der Waals surface area contributed by atoms with Gasteiger partial charge in [0.2, 0.25) is 11.8 Å². The van der Waals surface area contributed by atoms with Gasteiger partial charge in [0.1, 0.15) is 18.3 Å². The maximum Gasteiger partial charge on any atom is 0.231 e. The minimum absolute atomic E-state index is 0.0813. The van der Waals surface area contributed by atoms with Crippen molar-refractivity contribution in [3.05, 3.63) is 65.7 Å². The van der Waals surface area contributed by atoms with Crippen LogP contribution in [-0.2, 0) is 16.1 Å². The lowest BCUT2D eigenvalue weighted by Crippen LogP contribution is -2.34. The molecule has 1 heterocycles. The van der Waals surface area contributed by atoms with Gasteiger partial charge in [-0.2, -0.15) is 0 Å². The van der Waals surface area contributed by atoms with Crippen molar-refractivity contribution >= 4 is 11.8 Å². The minimum Gasteiger partial charge on any atom is -0.492 e. The Labute approximate surface area is 141 Å². The highest BCUT2D eigenvalue weighted by atomic mass is 16.5. The molecular formula is C19H20N2O3. The fourth-order valence-corrected chi connectivity index (χ4v) is 2.69. The van der Waals surface area contributed by atoms with Gasteiger partial charge in [0.25, 0.3) is 0 Å². The van der Waals surface area contributed by atoms with Gasteiger partial charge in [0.05, 0.1) is 0 Å². The molecule has 0 aliphatic carbocycles. The predicted octanol–water partition coefficient (Wildman–Crippen LogP) is 1.99. The van der Waals surface area contributed by atoms with Crippen LogP contribution in [0.4, 0.5) is 0 Å². The van der Waals surface area contributed by atoms with E-state index in [9.17, 15) is 9.59 Å². The van der Waals surface area contributed by atoms with Gasteiger partial charge in [-0.05, 0) is 11.6 Å². The van der Waals surface area contributed by atoms with E-state index >= 15 is 0 Å². The van der Waals surface area contributed by atoms with E-state index in [4.69, 9.17) is 4.74 Å². The van der Waals surface area contributed by atoms with E-state index in [-0.39, 0.29) is 24.2 Å². The smallest absolute Gasteiger partial charge is 0.231 e. The third-order valence-electron chi connectivity index (χ3n) is 4.00. The average molecular weight is 324 g/mol. The van der Waals surface area contributed by atoms with E-state index in [2.05, 4.69) is 10.6 Å². The molecule has 0 fully saturated rings. The lowest BCUT2D eigenvalue weighted by molar-refractivity contribution is -0.123. The van der Waals surface area contributed by atoms with Crippen molar-refractivity contribution in [3.63, 3.8) is 0 Å². The van der Waals surface area contributed by atoms with Gasteiger partial charge in [-0.25, -0.2) is 0 Å². The summed E-state index contributed by atoms with van der Waals surface area (Å²) in [7, 11) is 0. The first-order valence-corrected chi connectivity index (χ1v) is 8.04. The number of para-hydroxylation sites is 1. The molecule has 5 heteroatoms. The van der Waals surface area contributed by atoms with Crippen LogP contribution in [0.3, 0.4) is 0 Å². The van der Waals surface area contributed by atoms with E-state index in [0.717, 1.165) is 16.9 Å². The molecule has 2 aromatic carbocycles. The normalized spacial score (nSPS) is 15.2. The highest BCUT2D eigenvalue weighted by Crippen LogP contribution is 2.33. The zero-order chi connectivity index (χ0) is 16.8. The lowest BCUT2D eigenvalue weighted by Gasteiger charge is -2.10. The van der Waals surface area contributed by atoms with Crippen LogP contribution in [-0.4, -0.2) is 25.0 Å². The zero-order valence-electron chi connectivity index (χ0n) is 13.3. The number of hydrogen-bond acceptors (Lipinski definition) is 3. The second kappa shape index (κ2) is 7.64. The van der Waals surface area contributed by atoms with Gasteiger partial charge in [-0.15, -0.1) is 0 Å². The lowest BCUT2D eigenvalue weighted by atomic mass is 10.0. The molecule has 1 aliphatic rings. The van der Waals surface area contributed by atoms with Crippen LogP contribution in [0, 0.1) is 0 Å². The van der Waals surface area contributed by atoms with E-state index in [1.807, 2.05) is 54.6 Å². The van der Waals surface area contributed by atoms with Crippen LogP contribution in [0.5, 0.6) is 5.75 Å². The van der Waals surface area contributed by atoms with Crippen LogP contribution >= 0.6 is 0 Å². The summed E-state index contributed by atoms with van der Waals surface area (Å²) in [6.07, 6.45) is 0.258. The molecule has 1 unspecified atom stereocenters. The summed E-state index contributed by atoms with van der Waals surface area (Å²) in [6, 6.07) is 17.3. The highest BCUT2D eigenvalue weighted by molar-refractivity contribution is 5.86. The maximum atomic E-state index is 12.2. The average Bonchev–Trinajstić information content (AvgIpc) is 3.05. The van der Waals surface area contributed by atoms with Crippen molar-refractivity contribution in [1.82, 2.24) is 10.6 Å². The third-order valence-corrected chi connectivity index (χ3v) is 4.00. The number of rotatable bonds is 6. The number of carbonyl (C=O) groups excluding carboxylic acids is 2. The molecule has 2 aromatic rings. The number of hydrogen-bond donors (Lipinski definition) is 2. The second-order valence-corrected chi connectivity index (χ2v) is 5.70. The van der Waals surface area contributed by atoms with Gasteiger partial charge in [-0.3, -0.25) is 9.59 Å². The van der Waals surface area contributed by atoms with E-state index in [1.54, 1.807) is 0 Å². The fraction of sp³-hybridized carbons (Fsp3) is 0.263. The summed E-state index contributed by atoms with van der Waals surface area (Å²) in [4.78, 5) is 24.1. The molecule has 0 spiro atoms. The van der Waals surface area contributed by atoms with Crippen LogP contribution < -0.4 is 15.4 Å². The van der Waals surface area contributed by atoms with Crippen LogP contribution in [0.25, 0.3) is 0 Å². The Morgan fingerprint density at radius 3 is 2.58 bits per heavy atom. The standard InChI is InChI=1S/C19H20N2O3/c22-18(21-12-14-6-2-1-3-7-14)10-11-20-19(23)16-13-24-17-9-5-4-8-15(16)17/h1-9,16H,10-13H2,(H,20,23)(H,21,22). The fourth-order valence-electron chi connectivity index (χ4n) is 2.69. The summed E-state index contributed by atoms with van der Waals surface area (Å²) in [5, 5.41) is 5.66. The van der Waals surface area contributed by atoms with E-state index < -0.39 is 0 Å². The van der Waals surface area contributed by atoms with Crippen LogP contribution in [0.1, 0.15) is 23.5 Å². The van der Waals surface area contributed by atoms with Gasteiger partial charge < -0.3 is 15.4 Å². The maximum absolute atomic E-state index is 12.2.